The van der Waals surface area contributed by atoms with Crippen LogP contribution in [-0.4, -0.2) is 0 Å². The van der Waals surface area contributed by atoms with Gasteiger partial charge in [0.15, 0.2) is 0 Å². The molecule has 18 rings (SSSR count). The summed E-state index contributed by atoms with van der Waals surface area (Å²) in [5.41, 5.74) is 25.6. The molecule has 0 unspecified atom stereocenters. The first-order chi connectivity index (χ1) is 41.6. The summed E-state index contributed by atoms with van der Waals surface area (Å²) >= 11 is 1.88. The van der Waals surface area contributed by atoms with E-state index in [1.165, 1.54) is 98.1 Å². The second-order valence-electron chi connectivity index (χ2n) is 25.0. The quantitative estimate of drug-likeness (QED) is 0.165. The Morgan fingerprint density at radius 2 is 0.918 bits per heavy atom. The summed E-state index contributed by atoms with van der Waals surface area (Å²) in [5, 5.41) is 7.00. The number of hydrogen-bond acceptors (Lipinski definition) is 4. The SMILES string of the molecule is CC1(C)C2=C(C=CCC2)c2ccc(N(c3ccc4c(c3)C3(c5ccccc5Sc5ccccc53)c3cc(N(c5ccc6c(c5)C(C)(C)c5ccccc5-6)c5ccc6ccccc6c5)c5c(oc6ccccc65)c3-4)c3ccc4ccccc4c3)cc21. The first kappa shape index (κ1) is 48.9. The molecule has 13 aromatic rings. The van der Waals surface area contributed by atoms with Crippen LogP contribution >= 0.6 is 11.8 Å². The average Bonchev–Trinajstić information content (AvgIpc) is 1.58. The summed E-state index contributed by atoms with van der Waals surface area (Å²) in [4.78, 5) is 7.58. The average molecular weight is 1110 g/mol. The van der Waals surface area contributed by atoms with E-state index in [0.717, 1.165) is 74.5 Å². The third kappa shape index (κ3) is 6.75. The van der Waals surface area contributed by atoms with Crippen LogP contribution in [0, 0.1) is 0 Å². The van der Waals surface area contributed by atoms with Crippen molar-refractivity contribution in [3.05, 3.63) is 305 Å². The lowest BCUT2D eigenvalue weighted by Crippen LogP contribution is -2.32. The van der Waals surface area contributed by atoms with Crippen LogP contribution in [0.15, 0.2) is 275 Å². The molecule has 4 heteroatoms. The normalized spacial score (nSPS) is 15.8. The van der Waals surface area contributed by atoms with Crippen molar-refractivity contribution in [1.29, 1.82) is 0 Å². The Balaban J connectivity index is 0.942. The molecule has 0 saturated heterocycles. The highest BCUT2D eigenvalue weighted by Crippen LogP contribution is 2.66. The number of hydrogen-bond donors (Lipinski definition) is 0. The molecule has 12 aromatic carbocycles. The Labute approximate surface area is 499 Å². The van der Waals surface area contributed by atoms with Crippen molar-refractivity contribution in [2.45, 2.75) is 66.6 Å². The summed E-state index contributed by atoms with van der Waals surface area (Å²) < 4.78 is 7.55. The molecular formula is C81H58N2OS. The van der Waals surface area contributed by atoms with Gasteiger partial charge in [0.05, 0.1) is 16.5 Å². The van der Waals surface area contributed by atoms with E-state index in [1.807, 2.05) is 11.8 Å². The highest BCUT2D eigenvalue weighted by molar-refractivity contribution is 7.99. The van der Waals surface area contributed by atoms with Gasteiger partial charge in [-0.1, -0.05) is 215 Å². The zero-order chi connectivity index (χ0) is 56.5. The number of fused-ring (bicyclic) bond motifs is 20. The zero-order valence-corrected chi connectivity index (χ0v) is 48.7. The predicted molar refractivity (Wildman–Crippen MR) is 355 cm³/mol. The largest absolute Gasteiger partial charge is 0.455 e. The summed E-state index contributed by atoms with van der Waals surface area (Å²) in [5.74, 6) is 0. The summed E-state index contributed by atoms with van der Waals surface area (Å²) in [7, 11) is 0. The first-order valence-corrected chi connectivity index (χ1v) is 30.8. The van der Waals surface area contributed by atoms with Gasteiger partial charge in [-0.15, -0.1) is 0 Å². The molecule has 5 aliphatic rings. The third-order valence-corrected chi connectivity index (χ3v) is 21.1. The van der Waals surface area contributed by atoms with E-state index in [1.54, 1.807) is 5.57 Å². The Morgan fingerprint density at radius 3 is 1.62 bits per heavy atom. The minimum Gasteiger partial charge on any atom is -0.455 e. The summed E-state index contributed by atoms with van der Waals surface area (Å²) in [6.45, 7) is 9.64. The molecule has 0 bridgehead atoms. The van der Waals surface area contributed by atoms with Crippen LogP contribution in [0.25, 0.3) is 71.3 Å². The fourth-order valence-electron chi connectivity index (χ4n) is 16.0. The molecule has 1 spiro atoms. The molecule has 2 heterocycles. The Kier molecular flexibility index (Phi) is 10.2. The van der Waals surface area contributed by atoms with Gasteiger partial charge in [0.2, 0.25) is 0 Å². The van der Waals surface area contributed by atoms with Gasteiger partial charge < -0.3 is 14.2 Å². The maximum atomic E-state index is 7.55. The first-order valence-electron chi connectivity index (χ1n) is 30.0. The second-order valence-corrected chi connectivity index (χ2v) is 26.1. The number of allylic oxidation sites excluding steroid dienone is 4. The van der Waals surface area contributed by atoms with E-state index in [4.69, 9.17) is 4.42 Å². The van der Waals surface area contributed by atoms with Gasteiger partial charge >= 0.3 is 0 Å². The lowest BCUT2D eigenvalue weighted by molar-refractivity contribution is 0.607. The number of para-hydroxylation sites is 1. The topological polar surface area (TPSA) is 19.6 Å². The molecule has 0 atom stereocenters. The smallest absolute Gasteiger partial charge is 0.145 e. The van der Waals surface area contributed by atoms with Crippen molar-refractivity contribution in [3.63, 3.8) is 0 Å². The van der Waals surface area contributed by atoms with E-state index in [9.17, 15) is 0 Å². The summed E-state index contributed by atoms with van der Waals surface area (Å²) in [6, 6.07) is 92.0. The molecule has 0 N–H and O–H groups in total. The Morgan fingerprint density at radius 1 is 0.400 bits per heavy atom. The van der Waals surface area contributed by atoms with Gasteiger partial charge in [-0.25, -0.2) is 0 Å². The van der Waals surface area contributed by atoms with Crippen LogP contribution in [0.4, 0.5) is 34.1 Å². The molecule has 0 radical (unpaired) electrons. The number of furan rings is 1. The van der Waals surface area contributed by atoms with Crippen LogP contribution in [0.3, 0.4) is 0 Å². The summed E-state index contributed by atoms with van der Waals surface area (Å²) in [6.07, 6.45) is 6.90. The third-order valence-electron chi connectivity index (χ3n) is 20.0. The van der Waals surface area contributed by atoms with Crippen molar-refractivity contribution in [3.8, 4) is 22.3 Å². The highest BCUT2D eigenvalue weighted by Gasteiger charge is 2.52. The van der Waals surface area contributed by atoms with Crippen molar-refractivity contribution < 1.29 is 4.42 Å². The molecular weight excluding hydrogens is 1050 g/mol. The maximum absolute atomic E-state index is 7.55. The molecule has 1 aromatic heterocycles. The van der Waals surface area contributed by atoms with Crippen LogP contribution in [0.1, 0.15) is 85.0 Å². The zero-order valence-electron chi connectivity index (χ0n) is 47.9. The maximum Gasteiger partial charge on any atom is 0.145 e. The van der Waals surface area contributed by atoms with Crippen LogP contribution in [-0.2, 0) is 16.2 Å². The Hall–Kier alpha value is -9.61. The molecule has 0 saturated carbocycles. The molecule has 1 aliphatic heterocycles. The van der Waals surface area contributed by atoms with E-state index in [2.05, 4.69) is 292 Å². The number of rotatable bonds is 6. The van der Waals surface area contributed by atoms with Crippen molar-refractivity contribution in [2.24, 2.45) is 0 Å². The van der Waals surface area contributed by atoms with E-state index in [0.29, 0.717) is 0 Å². The second kappa shape index (κ2) is 17.7. The molecule has 0 fully saturated rings. The monoisotopic (exact) mass is 1110 g/mol. The minimum atomic E-state index is -0.776. The number of benzene rings is 12. The van der Waals surface area contributed by atoms with Gasteiger partial charge in [0.25, 0.3) is 0 Å². The van der Waals surface area contributed by atoms with Gasteiger partial charge in [-0.2, -0.15) is 0 Å². The Bertz CT molecular complexity index is 5100. The lowest BCUT2D eigenvalue weighted by Gasteiger charge is -2.40. The fraction of sp³-hybridized carbons (Fsp3) is 0.111. The van der Waals surface area contributed by atoms with Crippen LogP contribution < -0.4 is 9.80 Å². The lowest BCUT2D eigenvalue weighted by atomic mass is 9.67. The van der Waals surface area contributed by atoms with Gasteiger partial charge in [-0.05, 0) is 186 Å². The van der Waals surface area contributed by atoms with E-state index in [-0.39, 0.29) is 10.8 Å². The molecule has 0 amide bonds. The molecule has 4 aliphatic carbocycles. The number of anilines is 6. The fourth-order valence-corrected chi connectivity index (χ4v) is 17.2. The molecule has 3 nitrogen and oxygen atoms in total. The van der Waals surface area contributed by atoms with Gasteiger partial charge in [0.1, 0.15) is 11.2 Å². The van der Waals surface area contributed by atoms with Crippen LogP contribution in [0.2, 0.25) is 0 Å². The standard InChI is InChI=1S/C81H58N2OS/c1-79(2)64-26-12-9-23-58(64)60-40-37-55(45-68(60)79)82(53-35-33-49-19-5-7-21-51(49)43-53)56-39-42-62-70(47-56)81(66-28-14-17-31-74(66)85-75-32-18-15-29-67(75)81)71-48-72(77-63-25-11-16-30-73(63)84-78(77)76(62)71)83(54-36-34-50-20-6-8-22-52(50)44-54)57-38-41-61-59-24-10-13-27-65(59)80(3,4)69(61)46-57/h5-11,13-25,27-48H,12,26H2,1-4H3. The van der Waals surface area contributed by atoms with Crippen molar-refractivity contribution >= 4 is 94.9 Å². The highest BCUT2D eigenvalue weighted by atomic mass is 32.2. The van der Waals surface area contributed by atoms with Crippen LogP contribution in [0.5, 0.6) is 0 Å². The van der Waals surface area contributed by atoms with Gasteiger partial charge in [0, 0.05) is 60.0 Å². The van der Waals surface area contributed by atoms with Gasteiger partial charge in [-0.3, -0.25) is 0 Å². The van der Waals surface area contributed by atoms with E-state index >= 15 is 0 Å². The van der Waals surface area contributed by atoms with Crippen molar-refractivity contribution in [2.75, 3.05) is 9.80 Å². The molecule has 404 valence electrons. The van der Waals surface area contributed by atoms with Crippen molar-refractivity contribution in [1.82, 2.24) is 0 Å². The van der Waals surface area contributed by atoms with E-state index < -0.39 is 5.41 Å². The predicted octanol–water partition coefficient (Wildman–Crippen LogP) is 22.4. The molecule has 85 heavy (non-hydrogen) atoms. The number of nitrogens with zero attached hydrogens (tertiary/aromatic N) is 2. The minimum absolute atomic E-state index is 0.102.